The monoisotopic (exact) mass is 296 g/mol. The van der Waals surface area contributed by atoms with E-state index in [2.05, 4.69) is 16.7 Å². The summed E-state index contributed by atoms with van der Waals surface area (Å²) in [6.45, 7) is 0.604. The molecule has 3 nitrogen and oxygen atoms in total. The highest BCUT2D eigenvalue weighted by Crippen LogP contribution is 2.20. The summed E-state index contributed by atoms with van der Waals surface area (Å²) < 4.78 is 13.0. The SMILES string of the molecule is O=C(NCCC1=CCCCC1)Nc1ccc(F)c(Cl)c1. The van der Waals surface area contributed by atoms with Gasteiger partial charge in [0.25, 0.3) is 0 Å². The molecule has 0 aromatic heterocycles. The number of hydrogen-bond donors (Lipinski definition) is 2. The lowest BCUT2D eigenvalue weighted by atomic mass is 9.97. The van der Waals surface area contributed by atoms with Crippen LogP contribution in [0.25, 0.3) is 0 Å². The molecule has 0 heterocycles. The molecule has 1 aromatic carbocycles. The number of urea groups is 1. The van der Waals surface area contributed by atoms with Crippen molar-refractivity contribution in [1.82, 2.24) is 5.32 Å². The van der Waals surface area contributed by atoms with Crippen LogP contribution >= 0.6 is 11.6 Å². The van der Waals surface area contributed by atoms with Crippen molar-refractivity contribution in [1.29, 1.82) is 0 Å². The van der Waals surface area contributed by atoms with E-state index in [1.807, 2.05) is 0 Å². The first-order chi connectivity index (χ1) is 9.65. The lowest BCUT2D eigenvalue weighted by Crippen LogP contribution is -2.29. The quantitative estimate of drug-likeness (QED) is 0.790. The van der Waals surface area contributed by atoms with Gasteiger partial charge in [-0.15, -0.1) is 0 Å². The van der Waals surface area contributed by atoms with Gasteiger partial charge in [-0.05, 0) is 50.3 Å². The van der Waals surface area contributed by atoms with Crippen LogP contribution in [0.15, 0.2) is 29.8 Å². The molecule has 108 valence electrons. The van der Waals surface area contributed by atoms with E-state index in [4.69, 9.17) is 11.6 Å². The van der Waals surface area contributed by atoms with Crippen LogP contribution in [0.3, 0.4) is 0 Å². The van der Waals surface area contributed by atoms with Crippen molar-refractivity contribution in [2.45, 2.75) is 32.1 Å². The van der Waals surface area contributed by atoms with E-state index >= 15 is 0 Å². The minimum Gasteiger partial charge on any atom is -0.338 e. The first kappa shape index (κ1) is 14.9. The summed E-state index contributed by atoms with van der Waals surface area (Å²) in [7, 11) is 0. The number of nitrogens with one attached hydrogen (secondary N) is 2. The number of hydrogen-bond acceptors (Lipinski definition) is 1. The molecule has 1 aliphatic rings. The van der Waals surface area contributed by atoms with Gasteiger partial charge in [0.15, 0.2) is 0 Å². The Labute approximate surface area is 123 Å². The minimum absolute atomic E-state index is 0.00448. The topological polar surface area (TPSA) is 41.1 Å². The predicted molar refractivity (Wildman–Crippen MR) is 79.6 cm³/mol. The highest BCUT2D eigenvalue weighted by molar-refractivity contribution is 6.31. The molecule has 0 radical (unpaired) electrons. The average Bonchev–Trinajstić information content (AvgIpc) is 2.44. The van der Waals surface area contributed by atoms with E-state index in [0.717, 1.165) is 19.3 Å². The molecule has 2 N–H and O–H groups in total. The molecule has 1 aromatic rings. The van der Waals surface area contributed by atoms with Gasteiger partial charge < -0.3 is 10.6 Å². The Bertz CT molecular complexity index is 517. The number of allylic oxidation sites excluding steroid dienone is 1. The third kappa shape index (κ3) is 4.53. The van der Waals surface area contributed by atoms with Crippen molar-refractivity contribution in [2.75, 3.05) is 11.9 Å². The molecule has 0 fully saturated rings. The normalized spacial score (nSPS) is 14.6. The summed E-state index contributed by atoms with van der Waals surface area (Å²) in [5.74, 6) is -0.498. The zero-order valence-corrected chi connectivity index (χ0v) is 12.0. The van der Waals surface area contributed by atoms with Crippen LogP contribution in [0.2, 0.25) is 5.02 Å². The Morgan fingerprint density at radius 3 is 2.90 bits per heavy atom. The molecule has 0 bridgehead atoms. The number of carbonyl (C=O) groups excluding carboxylic acids is 1. The van der Waals surface area contributed by atoms with Crippen molar-refractivity contribution in [3.05, 3.63) is 40.7 Å². The molecule has 5 heteroatoms. The molecule has 0 spiro atoms. The molecule has 20 heavy (non-hydrogen) atoms. The lowest BCUT2D eigenvalue weighted by Gasteiger charge is -2.13. The molecule has 2 rings (SSSR count). The third-order valence-corrected chi connectivity index (χ3v) is 3.58. The van der Waals surface area contributed by atoms with Crippen molar-refractivity contribution in [3.8, 4) is 0 Å². The largest absolute Gasteiger partial charge is 0.338 e. The third-order valence-electron chi connectivity index (χ3n) is 3.29. The van der Waals surface area contributed by atoms with Gasteiger partial charge in [0.1, 0.15) is 5.82 Å². The molecule has 2 amide bonds. The summed E-state index contributed by atoms with van der Waals surface area (Å²) in [5, 5.41) is 5.41. The second-order valence-electron chi connectivity index (χ2n) is 4.87. The summed E-state index contributed by atoms with van der Waals surface area (Å²) in [6, 6.07) is 3.79. The van der Waals surface area contributed by atoms with Gasteiger partial charge in [-0.1, -0.05) is 23.3 Å². The van der Waals surface area contributed by atoms with Crippen LogP contribution in [-0.2, 0) is 0 Å². The number of halogens is 2. The summed E-state index contributed by atoms with van der Waals surface area (Å²) in [6.07, 6.45) is 7.95. The van der Waals surface area contributed by atoms with E-state index < -0.39 is 5.82 Å². The summed E-state index contributed by atoms with van der Waals surface area (Å²) >= 11 is 5.65. The Balaban J connectivity index is 1.74. The minimum atomic E-state index is -0.498. The maximum atomic E-state index is 13.0. The Morgan fingerprint density at radius 1 is 1.35 bits per heavy atom. The maximum absolute atomic E-state index is 13.0. The van der Waals surface area contributed by atoms with Crippen LogP contribution in [0.1, 0.15) is 32.1 Å². The first-order valence-electron chi connectivity index (χ1n) is 6.83. The number of rotatable bonds is 4. The van der Waals surface area contributed by atoms with Gasteiger partial charge in [0.2, 0.25) is 0 Å². The number of carbonyl (C=O) groups is 1. The first-order valence-corrected chi connectivity index (χ1v) is 7.21. The molecule has 0 aliphatic heterocycles. The highest BCUT2D eigenvalue weighted by Gasteiger charge is 2.06. The fraction of sp³-hybridized carbons (Fsp3) is 0.400. The van der Waals surface area contributed by atoms with Crippen molar-refractivity contribution < 1.29 is 9.18 Å². The van der Waals surface area contributed by atoms with E-state index in [-0.39, 0.29) is 11.1 Å². The molecule has 0 saturated carbocycles. The van der Waals surface area contributed by atoms with Crippen molar-refractivity contribution >= 4 is 23.3 Å². The van der Waals surface area contributed by atoms with Gasteiger partial charge in [-0.2, -0.15) is 0 Å². The van der Waals surface area contributed by atoms with Gasteiger partial charge >= 0.3 is 6.03 Å². The fourth-order valence-corrected chi connectivity index (χ4v) is 2.40. The standard InChI is InChI=1S/C15H18ClFN2O/c16-13-10-12(6-7-14(13)17)19-15(20)18-9-8-11-4-2-1-3-5-11/h4,6-7,10H,1-3,5,8-9H2,(H2,18,19,20). The van der Waals surface area contributed by atoms with E-state index in [9.17, 15) is 9.18 Å². The molecule has 0 unspecified atom stereocenters. The van der Waals surface area contributed by atoms with Crippen molar-refractivity contribution in [3.63, 3.8) is 0 Å². The van der Waals surface area contributed by atoms with Crippen LogP contribution < -0.4 is 10.6 Å². The second-order valence-corrected chi connectivity index (χ2v) is 5.28. The van der Waals surface area contributed by atoms with Gasteiger partial charge in [-0.3, -0.25) is 0 Å². The predicted octanol–water partition coefficient (Wildman–Crippen LogP) is 4.49. The Morgan fingerprint density at radius 2 is 2.20 bits per heavy atom. The number of benzene rings is 1. The van der Waals surface area contributed by atoms with E-state index in [0.29, 0.717) is 12.2 Å². The zero-order valence-electron chi connectivity index (χ0n) is 11.2. The van der Waals surface area contributed by atoms with Gasteiger partial charge in [-0.25, -0.2) is 9.18 Å². The van der Waals surface area contributed by atoms with Crippen molar-refractivity contribution in [2.24, 2.45) is 0 Å². The van der Waals surface area contributed by atoms with Gasteiger partial charge in [0, 0.05) is 12.2 Å². The Hall–Kier alpha value is -1.55. The summed E-state index contributed by atoms with van der Waals surface area (Å²) in [5.41, 5.74) is 1.90. The number of amides is 2. The average molecular weight is 297 g/mol. The lowest BCUT2D eigenvalue weighted by molar-refractivity contribution is 0.252. The maximum Gasteiger partial charge on any atom is 0.319 e. The van der Waals surface area contributed by atoms with Crippen LogP contribution in [-0.4, -0.2) is 12.6 Å². The molecular weight excluding hydrogens is 279 g/mol. The highest BCUT2D eigenvalue weighted by atomic mass is 35.5. The van der Waals surface area contributed by atoms with E-state index in [1.165, 1.54) is 36.6 Å². The van der Waals surface area contributed by atoms with E-state index in [1.54, 1.807) is 0 Å². The fourth-order valence-electron chi connectivity index (χ4n) is 2.22. The second kappa shape index (κ2) is 7.29. The molecule has 1 aliphatic carbocycles. The van der Waals surface area contributed by atoms with Crippen LogP contribution in [0, 0.1) is 5.82 Å². The van der Waals surface area contributed by atoms with Crippen LogP contribution in [0.4, 0.5) is 14.9 Å². The molecule has 0 saturated heterocycles. The summed E-state index contributed by atoms with van der Waals surface area (Å²) in [4.78, 5) is 11.7. The Kier molecular flexibility index (Phi) is 5.41. The smallest absolute Gasteiger partial charge is 0.319 e. The van der Waals surface area contributed by atoms with Gasteiger partial charge in [0.05, 0.1) is 5.02 Å². The molecular formula is C15H18ClFN2O. The van der Waals surface area contributed by atoms with Crippen LogP contribution in [0.5, 0.6) is 0 Å². The number of anilines is 1. The zero-order chi connectivity index (χ0) is 14.4. The molecule has 0 atom stereocenters.